The number of fused-ring (bicyclic) bond motifs is 1. The lowest BCUT2D eigenvalue weighted by Crippen LogP contribution is -2.42. The van der Waals surface area contributed by atoms with E-state index >= 15 is 0 Å². The van der Waals surface area contributed by atoms with E-state index in [2.05, 4.69) is 39.0 Å². The molecule has 3 nitrogen and oxygen atoms in total. The number of anilines is 1. The van der Waals surface area contributed by atoms with Crippen LogP contribution in [0.25, 0.3) is 0 Å². The molecule has 108 valence electrons. The maximum Gasteiger partial charge on any atom is 0.256 e. The fraction of sp³-hybridized carbons (Fsp3) is 0.588. The third-order valence-electron chi connectivity index (χ3n) is 4.63. The minimum absolute atomic E-state index is 0.156. The number of ether oxygens (including phenoxy) is 1. The lowest BCUT2D eigenvalue weighted by atomic mass is 9.89. The van der Waals surface area contributed by atoms with Crippen LogP contribution in [0.4, 0.5) is 5.69 Å². The Morgan fingerprint density at radius 2 is 2.20 bits per heavy atom. The number of hydrogen-bond donors (Lipinski definition) is 0. The molecule has 0 aromatic heterocycles. The highest BCUT2D eigenvalue weighted by Gasteiger charge is 2.40. The minimum Gasteiger partial charge on any atom is -0.368 e. The van der Waals surface area contributed by atoms with Gasteiger partial charge in [-0.25, -0.2) is 0 Å². The van der Waals surface area contributed by atoms with Gasteiger partial charge < -0.3 is 9.64 Å². The normalized spacial score (nSPS) is 25.3. The van der Waals surface area contributed by atoms with Gasteiger partial charge in [0.15, 0.2) is 0 Å². The summed E-state index contributed by atoms with van der Waals surface area (Å²) in [5.74, 6) is 1.01. The van der Waals surface area contributed by atoms with E-state index < -0.39 is 0 Å². The van der Waals surface area contributed by atoms with Gasteiger partial charge in [-0.05, 0) is 43.2 Å². The smallest absolute Gasteiger partial charge is 0.256 e. The zero-order valence-corrected chi connectivity index (χ0v) is 12.6. The molecule has 0 bridgehead atoms. The second-order valence-corrected chi connectivity index (χ2v) is 6.36. The van der Waals surface area contributed by atoms with Crippen LogP contribution < -0.4 is 4.90 Å². The molecule has 0 spiro atoms. The van der Waals surface area contributed by atoms with E-state index in [4.69, 9.17) is 4.74 Å². The molecule has 0 N–H and O–H groups in total. The zero-order chi connectivity index (χ0) is 14.3. The highest BCUT2D eigenvalue weighted by Crippen LogP contribution is 2.34. The highest BCUT2D eigenvalue weighted by molar-refractivity contribution is 5.98. The first kappa shape index (κ1) is 13.6. The van der Waals surface area contributed by atoms with E-state index in [0.29, 0.717) is 18.4 Å². The first-order valence-corrected chi connectivity index (χ1v) is 7.60. The van der Waals surface area contributed by atoms with Gasteiger partial charge in [-0.1, -0.05) is 31.5 Å². The molecule has 2 aliphatic heterocycles. The Morgan fingerprint density at radius 1 is 1.40 bits per heavy atom. The van der Waals surface area contributed by atoms with Crippen LogP contribution >= 0.6 is 0 Å². The van der Waals surface area contributed by atoms with Gasteiger partial charge in [0.2, 0.25) is 0 Å². The number of carbonyl (C=O) groups excluding carboxylic acids is 1. The van der Waals surface area contributed by atoms with Crippen LogP contribution in [-0.4, -0.2) is 25.2 Å². The Morgan fingerprint density at radius 3 is 2.95 bits per heavy atom. The van der Waals surface area contributed by atoms with Crippen molar-refractivity contribution in [3.8, 4) is 0 Å². The Kier molecular flexibility index (Phi) is 3.55. The van der Waals surface area contributed by atoms with Crippen LogP contribution in [0.5, 0.6) is 0 Å². The lowest BCUT2D eigenvalue weighted by Gasteiger charge is -2.26. The number of benzene rings is 1. The lowest BCUT2D eigenvalue weighted by molar-refractivity contribution is -0.129. The predicted octanol–water partition coefficient (Wildman–Crippen LogP) is 2.95. The van der Waals surface area contributed by atoms with Gasteiger partial charge >= 0.3 is 0 Å². The van der Waals surface area contributed by atoms with Gasteiger partial charge in [0, 0.05) is 18.8 Å². The number of carbonyl (C=O) groups is 1. The Labute approximate surface area is 120 Å². The summed E-state index contributed by atoms with van der Waals surface area (Å²) in [6.07, 6.45) is 1.71. The number of aryl methyl sites for hydroxylation is 1. The van der Waals surface area contributed by atoms with Crippen molar-refractivity contribution in [2.75, 3.05) is 18.1 Å². The third-order valence-corrected chi connectivity index (χ3v) is 4.63. The second kappa shape index (κ2) is 5.21. The first-order valence-electron chi connectivity index (χ1n) is 7.60. The number of rotatable bonds is 2. The highest BCUT2D eigenvalue weighted by atomic mass is 16.5. The molecule has 1 aromatic carbocycles. The van der Waals surface area contributed by atoms with Crippen LogP contribution in [0.3, 0.4) is 0 Å². The van der Waals surface area contributed by atoms with E-state index in [-0.39, 0.29) is 12.0 Å². The molecule has 0 unspecified atom stereocenters. The van der Waals surface area contributed by atoms with Gasteiger partial charge in [-0.15, -0.1) is 0 Å². The number of nitrogens with zero attached hydrogens (tertiary/aromatic N) is 1. The van der Waals surface area contributed by atoms with Crippen molar-refractivity contribution >= 4 is 11.6 Å². The average molecular weight is 273 g/mol. The monoisotopic (exact) mass is 273 g/mol. The molecule has 3 heteroatoms. The molecule has 0 aliphatic carbocycles. The fourth-order valence-electron chi connectivity index (χ4n) is 3.46. The topological polar surface area (TPSA) is 29.5 Å². The summed E-state index contributed by atoms with van der Waals surface area (Å²) in [7, 11) is 0. The van der Waals surface area contributed by atoms with Crippen LogP contribution in [0.2, 0.25) is 0 Å². The van der Waals surface area contributed by atoms with E-state index in [9.17, 15) is 4.79 Å². The molecule has 2 heterocycles. The molecule has 1 amide bonds. The zero-order valence-electron chi connectivity index (χ0n) is 12.6. The van der Waals surface area contributed by atoms with Crippen LogP contribution in [0.15, 0.2) is 18.2 Å². The molecule has 2 aliphatic rings. The summed E-state index contributed by atoms with van der Waals surface area (Å²) in [4.78, 5) is 14.7. The third kappa shape index (κ3) is 2.24. The number of amides is 1. The molecular formula is C17H23NO2. The largest absolute Gasteiger partial charge is 0.368 e. The molecule has 1 fully saturated rings. The van der Waals surface area contributed by atoms with E-state index in [1.807, 2.05) is 4.90 Å². The SMILES string of the molecule is Cc1ccc2c(c1)CCN2C(=O)[C@@H]1OCC[C@@H]1C(C)C. The molecular weight excluding hydrogens is 250 g/mol. The molecule has 1 saturated heterocycles. The van der Waals surface area contributed by atoms with Crippen molar-refractivity contribution in [1.29, 1.82) is 0 Å². The van der Waals surface area contributed by atoms with Crippen molar-refractivity contribution in [2.24, 2.45) is 11.8 Å². The maximum atomic E-state index is 12.8. The molecule has 3 rings (SSSR count). The summed E-state index contributed by atoms with van der Waals surface area (Å²) < 4.78 is 5.75. The Balaban J connectivity index is 1.83. The summed E-state index contributed by atoms with van der Waals surface area (Å²) in [6.45, 7) is 7.97. The van der Waals surface area contributed by atoms with Crippen molar-refractivity contribution in [2.45, 2.75) is 39.7 Å². The van der Waals surface area contributed by atoms with Crippen LogP contribution in [0, 0.1) is 18.8 Å². The van der Waals surface area contributed by atoms with Gasteiger partial charge in [-0.2, -0.15) is 0 Å². The Hall–Kier alpha value is -1.35. The fourth-order valence-corrected chi connectivity index (χ4v) is 3.46. The second-order valence-electron chi connectivity index (χ2n) is 6.36. The van der Waals surface area contributed by atoms with Gasteiger partial charge in [0.25, 0.3) is 5.91 Å². The summed E-state index contributed by atoms with van der Waals surface area (Å²) >= 11 is 0. The average Bonchev–Trinajstić information content (AvgIpc) is 3.03. The minimum atomic E-state index is -0.248. The van der Waals surface area contributed by atoms with Crippen molar-refractivity contribution in [3.63, 3.8) is 0 Å². The standard InChI is InChI=1S/C17H23NO2/c1-11(2)14-7-9-20-16(14)17(19)18-8-6-13-10-12(3)4-5-15(13)18/h4-5,10-11,14,16H,6-9H2,1-3H3/t14-,16-/m1/s1. The van der Waals surface area contributed by atoms with Gasteiger partial charge in [-0.3, -0.25) is 4.79 Å². The quantitative estimate of drug-likeness (QED) is 0.829. The van der Waals surface area contributed by atoms with Gasteiger partial charge in [0.05, 0.1) is 0 Å². The van der Waals surface area contributed by atoms with Crippen molar-refractivity contribution < 1.29 is 9.53 Å². The van der Waals surface area contributed by atoms with Crippen molar-refractivity contribution in [1.82, 2.24) is 0 Å². The summed E-state index contributed by atoms with van der Waals surface area (Å²) in [6, 6.07) is 6.35. The summed E-state index contributed by atoms with van der Waals surface area (Å²) in [5, 5.41) is 0. The molecule has 2 atom stereocenters. The van der Waals surface area contributed by atoms with E-state index in [1.54, 1.807) is 0 Å². The first-order chi connectivity index (χ1) is 9.58. The van der Waals surface area contributed by atoms with Gasteiger partial charge in [0.1, 0.15) is 6.10 Å². The number of hydrogen-bond acceptors (Lipinski definition) is 2. The summed E-state index contributed by atoms with van der Waals surface area (Å²) in [5.41, 5.74) is 3.63. The molecule has 0 saturated carbocycles. The molecule has 1 aromatic rings. The van der Waals surface area contributed by atoms with Crippen LogP contribution in [-0.2, 0) is 16.0 Å². The molecule has 0 radical (unpaired) electrons. The van der Waals surface area contributed by atoms with Crippen molar-refractivity contribution in [3.05, 3.63) is 29.3 Å². The molecule has 20 heavy (non-hydrogen) atoms. The van der Waals surface area contributed by atoms with E-state index in [1.165, 1.54) is 11.1 Å². The maximum absolute atomic E-state index is 12.8. The predicted molar refractivity (Wildman–Crippen MR) is 79.9 cm³/mol. The van der Waals surface area contributed by atoms with Crippen LogP contribution in [0.1, 0.15) is 31.4 Å². The van der Waals surface area contributed by atoms with E-state index in [0.717, 1.165) is 25.1 Å². The Bertz CT molecular complexity index is 524.